The first-order valence-corrected chi connectivity index (χ1v) is 18.4. The minimum absolute atomic E-state index is 0.271. The van der Waals surface area contributed by atoms with Crippen molar-refractivity contribution in [2.75, 3.05) is 10.6 Å². The number of ether oxygens (including phenoxy) is 1. The van der Waals surface area contributed by atoms with Gasteiger partial charge in [-0.05, 0) is 59.7 Å². The van der Waals surface area contributed by atoms with Crippen LogP contribution in [0.1, 0.15) is 20.7 Å². The van der Waals surface area contributed by atoms with Crippen molar-refractivity contribution < 1.29 is 14.3 Å². The van der Waals surface area contributed by atoms with Gasteiger partial charge in [0.25, 0.3) is 11.8 Å². The van der Waals surface area contributed by atoms with E-state index in [4.69, 9.17) is 14.7 Å². The van der Waals surface area contributed by atoms with E-state index < -0.39 is 0 Å². The Morgan fingerprint density at radius 2 is 0.736 bits per heavy atom. The Hall–Kier alpha value is -6.68. The van der Waals surface area contributed by atoms with Crippen LogP contribution in [0.5, 0.6) is 11.5 Å². The number of anilines is 2. The number of carbonyl (C=O) groups is 2. The van der Waals surface area contributed by atoms with Crippen molar-refractivity contribution in [3.63, 3.8) is 0 Å². The van der Waals surface area contributed by atoms with Gasteiger partial charge in [-0.15, -0.1) is 0 Å². The number of rotatable bonds is 10. The van der Waals surface area contributed by atoms with Gasteiger partial charge in [-0.25, -0.2) is 9.97 Å². The second-order valence-electron chi connectivity index (χ2n) is 11.9. The summed E-state index contributed by atoms with van der Waals surface area (Å²) in [5.74, 6) is 0.560. The maximum Gasteiger partial charge on any atom is 0.257 e. The lowest BCUT2D eigenvalue weighted by atomic mass is 10.1. The summed E-state index contributed by atoms with van der Waals surface area (Å²) in [6.07, 6.45) is 0. The van der Waals surface area contributed by atoms with Crippen LogP contribution in [0.3, 0.4) is 0 Å². The number of nitrogens with zero attached hydrogens (tertiary/aromatic N) is 2. The molecule has 0 unspecified atom stereocenters. The maximum absolute atomic E-state index is 13.2. The Kier molecular flexibility index (Phi) is 9.65. The molecule has 0 saturated carbocycles. The van der Waals surface area contributed by atoms with Crippen molar-refractivity contribution in [1.82, 2.24) is 9.97 Å². The van der Waals surface area contributed by atoms with E-state index >= 15 is 0 Å². The minimum Gasteiger partial charge on any atom is -0.457 e. The standard InChI is InChI=1S/C44H30N4O3S2/c49-41(47-43-45-37(29-13-5-1-6-14-29)39(52-43)31-17-9-3-10-18-31)33-21-25-35(26-22-33)51-36-27-23-34(24-28-36)42(50)48-44-46-38(30-15-7-2-8-16-30)40(53-44)32-19-11-4-12-20-32/h1-28H,(H,45,47,49)(H,46,48,50). The zero-order valence-corrected chi connectivity index (χ0v) is 29.7. The van der Waals surface area contributed by atoms with E-state index in [1.54, 1.807) is 48.5 Å². The molecule has 2 amide bonds. The van der Waals surface area contributed by atoms with E-state index in [9.17, 15) is 9.59 Å². The SMILES string of the molecule is O=C(Nc1nc(-c2ccccc2)c(-c2ccccc2)s1)c1ccc(Oc2ccc(C(=O)Nc3nc(-c4ccccc4)c(-c4ccccc4)s3)cc2)cc1. The smallest absolute Gasteiger partial charge is 0.257 e. The molecule has 0 fully saturated rings. The van der Waals surface area contributed by atoms with E-state index in [1.165, 1.54) is 22.7 Å². The first kappa shape index (κ1) is 33.5. The van der Waals surface area contributed by atoms with Gasteiger partial charge in [0.2, 0.25) is 0 Å². The molecule has 0 spiro atoms. The Balaban J connectivity index is 0.922. The summed E-state index contributed by atoms with van der Waals surface area (Å²) in [7, 11) is 0. The second kappa shape index (κ2) is 15.3. The van der Waals surface area contributed by atoms with Crippen LogP contribution < -0.4 is 15.4 Å². The fourth-order valence-corrected chi connectivity index (χ4v) is 7.70. The molecule has 0 aliphatic carbocycles. The maximum atomic E-state index is 13.2. The number of thiazole rings is 2. The predicted octanol–water partition coefficient (Wildman–Crippen LogP) is 11.6. The number of amides is 2. The number of aromatic nitrogens is 2. The molecule has 6 aromatic carbocycles. The molecule has 9 heteroatoms. The van der Waals surface area contributed by atoms with E-state index in [0.717, 1.165) is 43.4 Å². The molecule has 7 nitrogen and oxygen atoms in total. The van der Waals surface area contributed by atoms with Gasteiger partial charge in [0, 0.05) is 22.3 Å². The molecular weight excluding hydrogens is 697 g/mol. The highest BCUT2D eigenvalue weighted by Gasteiger charge is 2.19. The summed E-state index contributed by atoms with van der Waals surface area (Å²) < 4.78 is 6.03. The van der Waals surface area contributed by atoms with Crippen molar-refractivity contribution in [3.8, 4) is 54.9 Å². The van der Waals surface area contributed by atoms with Gasteiger partial charge in [0.1, 0.15) is 11.5 Å². The zero-order valence-electron chi connectivity index (χ0n) is 28.1. The highest BCUT2D eigenvalue weighted by molar-refractivity contribution is 7.20. The van der Waals surface area contributed by atoms with Crippen molar-refractivity contribution in [3.05, 3.63) is 181 Å². The topological polar surface area (TPSA) is 93.2 Å². The van der Waals surface area contributed by atoms with Crippen LogP contribution in [-0.4, -0.2) is 21.8 Å². The molecule has 2 N–H and O–H groups in total. The van der Waals surface area contributed by atoms with Crippen molar-refractivity contribution in [1.29, 1.82) is 0 Å². The summed E-state index contributed by atoms with van der Waals surface area (Å²) >= 11 is 2.88. The zero-order chi connectivity index (χ0) is 36.0. The van der Waals surface area contributed by atoms with Gasteiger partial charge >= 0.3 is 0 Å². The lowest BCUT2D eigenvalue weighted by molar-refractivity contribution is 0.101. The van der Waals surface area contributed by atoms with Gasteiger partial charge in [0.05, 0.1) is 21.1 Å². The monoisotopic (exact) mass is 726 g/mol. The average Bonchev–Trinajstić information content (AvgIpc) is 3.84. The molecule has 8 aromatic rings. The molecule has 0 aliphatic heterocycles. The molecule has 0 aliphatic rings. The average molecular weight is 727 g/mol. The van der Waals surface area contributed by atoms with Crippen LogP contribution in [0, 0.1) is 0 Å². The summed E-state index contributed by atoms with van der Waals surface area (Å²) in [6, 6.07) is 53.7. The van der Waals surface area contributed by atoms with Crippen LogP contribution in [-0.2, 0) is 0 Å². The molecule has 8 rings (SSSR count). The molecule has 53 heavy (non-hydrogen) atoms. The van der Waals surface area contributed by atoms with Crippen LogP contribution in [0.15, 0.2) is 170 Å². The lowest BCUT2D eigenvalue weighted by Crippen LogP contribution is -2.11. The van der Waals surface area contributed by atoms with Gasteiger partial charge in [-0.1, -0.05) is 144 Å². The van der Waals surface area contributed by atoms with Crippen LogP contribution in [0.4, 0.5) is 10.3 Å². The first-order valence-electron chi connectivity index (χ1n) is 16.8. The Morgan fingerprint density at radius 3 is 1.08 bits per heavy atom. The third-order valence-electron chi connectivity index (χ3n) is 8.33. The van der Waals surface area contributed by atoms with Crippen molar-refractivity contribution in [2.24, 2.45) is 0 Å². The Morgan fingerprint density at radius 1 is 0.415 bits per heavy atom. The van der Waals surface area contributed by atoms with Crippen LogP contribution >= 0.6 is 22.7 Å². The van der Waals surface area contributed by atoms with Gasteiger partial charge < -0.3 is 4.74 Å². The highest BCUT2D eigenvalue weighted by atomic mass is 32.1. The summed E-state index contributed by atoms with van der Waals surface area (Å²) in [6.45, 7) is 0. The number of hydrogen-bond donors (Lipinski definition) is 2. The van der Waals surface area contributed by atoms with Crippen LogP contribution in [0.2, 0.25) is 0 Å². The molecule has 0 radical (unpaired) electrons. The van der Waals surface area contributed by atoms with Crippen molar-refractivity contribution in [2.45, 2.75) is 0 Å². The molecule has 2 aromatic heterocycles. The third kappa shape index (κ3) is 7.67. The van der Waals surface area contributed by atoms with Crippen LogP contribution in [0.25, 0.3) is 43.4 Å². The fourth-order valence-electron chi connectivity index (χ4n) is 5.72. The molecular formula is C44H30N4O3S2. The van der Waals surface area contributed by atoms with Gasteiger partial charge in [-0.2, -0.15) is 0 Å². The summed E-state index contributed by atoms with van der Waals surface area (Å²) in [5, 5.41) is 6.97. The highest BCUT2D eigenvalue weighted by Crippen LogP contribution is 2.40. The molecule has 256 valence electrons. The van der Waals surface area contributed by atoms with E-state index in [2.05, 4.69) is 10.6 Å². The minimum atomic E-state index is -0.271. The van der Waals surface area contributed by atoms with Gasteiger partial charge in [-0.3, -0.25) is 20.2 Å². The predicted molar refractivity (Wildman–Crippen MR) is 215 cm³/mol. The van der Waals surface area contributed by atoms with Crippen molar-refractivity contribution >= 4 is 44.8 Å². The molecule has 0 saturated heterocycles. The van der Waals surface area contributed by atoms with E-state index in [-0.39, 0.29) is 11.8 Å². The first-order chi connectivity index (χ1) is 26.1. The largest absolute Gasteiger partial charge is 0.457 e. The Bertz CT molecular complexity index is 2190. The number of carbonyl (C=O) groups excluding carboxylic acids is 2. The third-order valence-corrected chi connectivity index (χ3v) is 10.4. The molecule has 2 heterocycles. The van der Waals surface area contributed by atoms with E-state index in [0.29, 0.717) is 32.9 Å². The number of benzene rings is 6. The fraction of sp³-hybridized carbons (Fsp3) is 0. The quantitative estimate of drug-likeness (QED) is 0.146. The lowest BCUT2D eigenvalue weighted by Gasteiger charge is -2.08. The normalized spacial score (nSPS) is 10.8. The Labute approximate surface area is 314 Å². The number of nitrogens with one attached hydrogen (secondary N) is 2. The summed E-state index contributed by atoms with van der Waals surface area (Å²) in [5.41, 5.74) is 6.61. The molecule has 0 bridgehead atoms. The molecule has 0 atom stereocenters. The van der Waals surface area contributed by atoms with E-state index in [1.807, 2.05) is 121 Å². The summed E-state index contributed by atoms with van der Waals surface area (Å²) in [4.78, 5) is 38.1. The van der Waals surface area contributed by atoms with Gasteiger partial charge in [0.15, 0.2) is 10.3 Å². The second-order valence-corrected chi connectivity index (χ2v) is 13.9. The number of hydrogen-bond acceptors (Lipinski definition) is 7.